The largest absolute Gasteiger partial charge is 0.380 e. The Morgan fingerprint density at radius 2 is 2.29 bits per heavy atom. The molecule has 1 atom stereocenters. The maximum atomic E-state index is 13.9. The van der Waals surface area contributed by atoms with Gasteiger partial charge in [0.15, 0.2) is 5.82 Å². The van der Waals surface area contributed by atoms with Crippen molar-refractivity contribution in [2.45, 2.75) is 11.8 Å². The number of aromatic amines is 1. The normalized spacial score (nSPS) is 24.1. The van der Waals surface area contributed by atoms with E-state index >= 15 is 0 Å². The van der Waals surface area contributed by atoms with E-state index in [0.717, 1.165) is 12.1 Å². The minimum Gasteiger partial charge on any atom is -0.380 e. The van der Waals surface area contributed by atoms with Crippen LogP contribution in [0.2, 0.25) is 0 Å². The Bertz CT molecular complexity index is 719. The van der Waals surface area contributed by atoms with Gasteiger partial charge in [-0.3, -0.25) is 9.78 Å². The fraction of sp³-hybridized carbons (Fsp3) is 0.333. The second kappa shape index (κ2) is 4.39. The molecule has 4 rings (SSSR count). The first-order chi connectivity index (χ1) is 10.2. The lowest BCUT2D eigenvalue weighted by molar-refractivity contribution is 0.0916. The zero-order chi connectivity index (χ0) is 14.4. The molecule has 0 bridgehead atoms. The first-order valence-electron chi connectivity index (χ1n) is 6.89. The summed E-state index contributed by atoms with van der Waals surface area (Å²) in [5, 5.41) is 2.91. The number of hydrogen-bond donors (Lipinski definition) is 2. The molecule has 0 aromatic carbocycles. The van der Waals surface area contributed by atoms with Gasteiger partial charge in [-0.15, -0.1) is 0 Å². The van der Waals surface area contributed by atoms with E-state index in [1.807, 2.05) is 0 Å². The molecule has 0 saturated carbocycles. The Kier molecular flexibility index (Phi) is 2.62. The number of carbonyl (C=O) groups excluding carboxylic acids is 1. The molecular formula is C15H14FN3O2. The Balaban J connectivity index is 1.87. The zero-order valence-corrected chi connectivity index (χ0v) is 11.3. The SMILES string of the molecule is O=C1NCC2(CCOC2)c2[nH]c(-c3ccncc3F)cc21. The number of rotatable bonds is 1. The third kappa shape index (κ3) is 1.79. The van der Waals surface area contributed by atoms with Crippen molar-refractivity contribution in [3.8, 4) is 11.3 Å². The van der Waals surface area contributed by atoms with E-state index in [1.54, 1.807) is 12.1 Å². The molecule has 21 heavy (non-hydrogen) atoms. The summed E-state index contributed by atoms with van der Waals surface area (Å²) in [6.45, 7) is 1.80. The first-order valence-corrected chi connectivity index (χ1v) is 6.89. The van der Waals surface area contributed by atoms with Gasteiger partial charge in [-0.25, -0.2) is 4.39 Å². The molecule has 2 aromatic heterocycles. The molecule has 5 nitrogen and oxygen atoms in total. The summed E-state index contributed by atoms with van der Waals surface area (Å²) in [5.74, 6) is -0.535. The average Bonchev–Trinajstić information content (AvgIpc) is 3.12. The van der Waals surface area contributed by atoms with E-state index in [-0.39, 0.29) is 11.3 Å². The highest BCUT2D eigenvalue weighted by Crippen LogP contribution is 2.38. The van der Waals surface area contributed by atoms with Gasteiger partial charge < -0.3 is 15.0 Å². The number of pyridine rings is 1. The number of halogens is 1. The third-order valence-corrected chi connectivity index (χ3v) is 4.35. The Hall–Kier alpha value is -2.21. The van der Waals surface area contributed by atoms with Crippen molar-refractivity contribution in [2.24, 2.45) is 0 Å². The Morgan fingerprint density at radius 3 is 3.05 bits per heavy atom. The molecule has 1 saturated heterocycles. The number of H-pyrrole nitrogens is 1. The summed E-state index contributed by atoms with van der Waals surface area (Å²) < 4.78 is 19.4. The van der Waals surface area contributed by atoms with Crippen LogP contribution < -0.4 is 5.32 Å². The van der Waals surface area contributed by atoms with Gasteiger partial charge in [-0.2, -0.15) is 0 Å². The van der Waals surface area contributed by atoms with Gasteiger partial charge in [-0.05, 0) is 18.6 Å². The number of ether oxygens (including phenoxy) is 1. The highest BCUT2D eigenvalue weighted by Gasteiger charge is 2.44. The Labute approximate surface area is 120 Å². The molecule has 1 amide bonds. The number of aromatic nitrogens is 2. The predicted molar refractivity (Wildman–Crippen MR) is 73.4 cm³/mol. The van der Waals surface area contributed by atoms with Gasteiger partial charge in [0.2, 0.25) is 0 Å². The smallest absolute Gasteiger partial charge is 0.253 e. The molecule has 2 aliphatic rings. The van der Waals surface area contributed by atoms with E-state index in [9.17, 15) is 9.18 Å². The van der Waals surface area contributed by atoms with E-state index in [1.165, 1.54) is 12.4 Å². The van der Waals surface area contributed by atoms with Gasteiger partial charge in [0.1, 0.15) is 0 Å². The van der Waals surface area contributed by atoms with E-state index < -0.39 is 5.82 Å². The number of nitrogens with zero attached hydrogens (tertiary/aromatic N) is 1. The second-order valence-corrected chi connectivity index (χ2v) is 5.59. The standard InChI is InChI=1S/C15H14FN3O2/c16-11-6-17-3-1-9(11)12-5-10-13(19-12)15(2-4-21-8-15)7-18-14(10)20/h1,3,5-6,19H,2,4,7-8H2,(H,18,20). The van der Waals surface area contributed by atoms with Crippen LogP contribution in [0.25, 0.3) is 11.3 Å². The monoisotopic (exact) mass is 287 g/mol. The van der Waals surface area contributed by atoms with E-state index in [4.69, 9.17) is 4.74 Å². The van der Waals surface area contributed by atoms with Gasteiger partial charge in [-0.1, -0.05) is 0 Å². The molecule has 4 heterocycles. The quantitative estimate of drug-likeness (QED) is 0.837. The number of fused-ring (bicyclic) bond motifs is 2. The van der Waals surface area contributed by atoms with Crippen LogP contribution in [0.15, 0.2) is 24.5 Å². The summed E-state index contributed by atoms with van der Waals surface area (Å²) in [6.07, 6.45) is 3.55. The summed E-state index contributed by atoms with van der Waals surface area (Å²) in [7, 11) is 0. The molecule has 2 aliphatic heterocycles. The molecule has 2 aromatic rings. The summed E-state index contributed by atoms with van der Waals surface area (Å²) in [4.78, 5) is 19.1. The molecule has 108 valence electrons. The maximum absolute atomic E-state index is 13.9. The molecule has 1 unspecified atom stereocenters. The van der Waals surface area contributed by atoms with Crippen LogP contribution >= 0.6 is 0 Å². The minimum absolute atomic E-state index is 0.125. The lowest BCUT2D eigenvalue weighted by atomic mass is 9.79. The molecular weight excluding hydrogens is 273 g/mol. The highest BCUT2D eigenvalue weighted by atomic mass is 19.1. The van der Waals surface area contributed by atoms with Gasteiger partial charge in [0.25, 0.3) is 5.91 Å². The fourth-order valence-electron chi connectivity index (χ4n) is 3.17. The van der Waals surface area contributed by atoms with Crippen LogP contribution in [0.4, 0.5) is 4.39 Å². The first kappa shape index (κ1) is 12.5. The number of amides is 1. The van der Waals surface area contributed by atoms with Crippen molar-refractivity contribution in [1.82, 2.24) is 15.3 Å². The summed E-state index contributed by atoms with van der Waals surface area (Å²) in [6, 6.07) is 3.31. The summed E-state index contributed by atoms with van der Waals surface area (Å²) >= 11 is 0. The molecule has 2 N–H and O–H groups in total. The molecule has 1 spiro atoms. The van der Waals surface area contributed by atoms with E-state index in [2.05, 4.69) is 15.3 Å². The van der Waals surface area contributed by atoms with Crippen molar-refractivity contribution in [1.29, 1.82) is 0 Å². The van der Waals surface area contributed by atoms with Crippen molar-refractivity contribution in [2.75, 3.05) is 19.8 Å². The van der Waals surface area contributed by atoms with Crippen LogP contribution in [0.3, 0.4) is 0 Å². The van der Waals surface area contributed by atoms with Crippen molar-refractivity contribution >= 4 is 5.91 Å². The van der Waals surface area contributed by atoms with Crippen molar-refractivity contribution < 1.29 is 13.9 Å². The molecule has 6 heteroatoms. The number of hydrogen-bond acceptors (Lipinski definition) is 3. The molecule has 1 fully saturated rings. The molecule has 0 aliphatic carbocycles. The van der Waals surface area contributed by atoms with Crippen molar-refractivity contribution in [3.63, 3.8) is 0 Å². The third-order valence-electron chi connectivity index (χ3n) is 4.35. The lowest BCUT2D eigenvalue weighted by Gasteiger charge is -2.31. The van der Waals surface area contributed by atoms with Crippen LogP contribution in [0.5, 0.6) is 0 Å². The predicted octanol–water partition coefficient (Wildman–Crippen LogP) is 1.62. The van der Waals surface area contributed by atoms with Crippen LogP contribution in [0.1, 0.15) is 22.5 Å². The fourth-order valence-corrected chi connectivity index (χ4v) is 3.17. The lowest BCUT2D eigenvalue weighted by Crippen LogP contribution is -2.47. The second-order valence-electron chi connectivity index (χ2n) is 5.59. The van der Waals surface area contributed by atoms with E-state index in [0.29, 0.717) is 36.6 Å². The van der Waals surface area contributed by atoms with Gasteiger partial charge in [0.05, 0.1) is 23.8 Å². The average molecular weight is 287 g/mol. The Morgan fingerprint density at radius 1 is 1.38 bits per heavy atom. The van der Waals surface area contributed by atoms with Crippen LogP contribution in [0, 0.1) is 5.82 Å². The number of nitrogens with one attached hydrogen (secondary N) is 2. The van der Waals surface area contributed by atoms with Gasteiger partial charge >= 0.3 is 0 Å². The minimum atomic E-state index is -0.409. The molecule has 0 radical (unpaired) electrons. The van der Waals surface area contributed by atoms with Crippen LogP contribution in [-0.4, -0.2) is 35.6 Å². The highest BCUT2D eigenvalue weighted by molar-refractivity contribution is 5.98. The van der Waals surface area contributed by atoms with Crippen molar-refractivity contribution in [3.05, 3.63) is 41.6 Å². The van der Waals surface area contributed by atoms with Crippen LogP contribution in [-0.2, 0) is 10.2 Å². The zero-order valence-electron chi connectivity index (χ0n) is 11.3. The maximum Gasteiger partial charge on any atom is 0.253 e. The number of carbonyl (C=O) groups is 1. The van der Waals surface area contributed by atoms with Gasteiger partial charge in [0, 0.05) is 36.3 Å². The topological polar surface area (TPSA) is 67.0 Å². The summed E-state index contributed by atoms with van der Waals surface area (Å²) in [5.41, 5.74) is 2.24.